The van der Waals surface area contributed by atoms with Gasteiger partial charge >= 0.3 is 5.97 Å². The number of rotatable bonds is 12. The Kier molecular flexibility index (Phi) is 8.91. The average Bonchev–Trinajstić information content (AvgIpc) is 2.93. The zero-order chi connectivity index (χ0) is 26.0. The second-order valence-electron chi connectivity index (χ2n) is 8.43. The number of ether oxygens (including phenoxy) is 3. The number of methoxy groups -OCH3 is 1. The molecule has 0 fully saturated rings. The van der Waals surface area contributed by atoms with E-state index in [0.717, 1.165) is 17.5 Å². The second kappa shape index (κ2) is 12.7. The van der Waals surface area contributed by atoms with Gasteiger partial charge in [-0.15, -0.1) is 0 Å². The lowest BCUT2D eigenvalue weighted by molar-refractivity contribution is -0.142. The predicted octanol–water partition coefficient (Wildman–Crippen LogP) is 3.58. The molecule has 8 nitrogen and oxygen atoms in total. The van der Waals surface area contributed by atoms with Crippen molar-refractivity contribution in [2.45, 2.75) is 12.5 Å². The monoisotopic (exact) mass is 503 g/mol. The number of carbonyl (C=O) groups excluding carboxylic acids is 1. The summed E-state index contributed by atoms with van der Waals surface area (Å²) in [6.45, 7) is 0.997. The highest BCUT2D eigenvalue weighted by molar-refractivity contribution is 5.80. The molecule has 1 atom stereocenters. The Bertz CT molecular complexity index is 1370. The van der Waals surface area contributed by atoms with Crippen molar-refractivity contribution >= 4 is 16.9 Å². The number of hydrogen-bond donors (Lipinski definition) is 2. The maximum Gasteiger partial charge on any atom is 0.343 e. The average molecular weight is 504 g/mol. The van der Waals surface area contributed by atoms with E-state index in [1.807, 2.05) is 42.5 Å². The van der Waals surface area contributed by atoms with E-state index in [9.17, 15) is 14.7 Å². The summed E-state index contributed by atoms with van der Waals surface area (Å²) in [5.41, 5.74) is 2.21. The molecular weight excluding hydrogens is 474 g/mol. The van der Waals surface area contributed by atoms with Crippen LogP contribution in [0.3, 0.4) is 0 Å². The third-order valence-corrected chi connectivity index (χ3v) is 5.68. The van der Waals surface area contributed by atoms with Crippen LogP contribution in [0, 0.1) is 0 Å². The smallest absolute Gasteiger partial charge is 0.343 e. The molecule has 0 aliphatic heterocycles. The molecule has 192 valence electrons. The van der Waals surface area contributed by atoms with Crippen LogP contribution in [-0.4, -0.2) is 50.6 Å². The fraction of sp³-hybridized carbons (Fsp3) is 0.241. The van der Waals surface area contributed by atoms with Gasteiger partial charge in [-0.25, -0.2) is 4.79 Å². The van der Waals surface area contributed by atoms with E-state index >= 15 is 0 Å². The maximum absolute atomic E-state index is 12.5. The van der Waals surface area contributed by atoms with E-state index < -0.39 is 12.1 Å². The van der Waals surface area contributed by atoms with E-state index in [2.05, 4.69) is 10.1 Å². The number of esters is 1. The number of carbonyl (C=O) groups is 1. The molecule has 0 spiro atoms. The quantitative estimate of drug-likeness (QED) is 0.223. The summed E-state index contributed by atoms with van der Waals surface area (Å²) in [5, 5.41) is 14.0. The summed E-state index contributed by atoms with van der Waals surface area (Å²) in [5.74, 6) is 1.16. The van der Waals surface area contributed by atoms with Crippen LogP contribution >= 0.6 is 0 Å². The third kappa shape index (κ3) is 7.42. The van der Waals surface area contributed by atoms with Crippen LogP contribution in [0.5, 0.6) is 11.5 Å². The topological polar surface area (TPSA) is 107 Å². The standard InChI is InChI=1S/C29H29NO7/c1-34-29(33)19-36-23-9-7-20(8-10-23)13-14-30-17-22(31)18-35-24-11-12-25-26(32)16-27(37-28(25)15-24)21-5-3-2-4-6-21/h2-12,15-16,22,30-31H,13-14,17-19H2,1H3. The van der Waals surface area contributed by atoms with Crippen LogP contribution < -0.4 is 20.2 Å². The highest BCUT2D eigenvalue weighted by atomic mass is 16.6. The Balaban J connectivity index is 1.23. The summed E-state index contributed by atoms with van der Waals surface area (Å²) in [6, 6.07) is 23.4. The van der Waals surface area contributed by atoms with Crippen LogP contribution in [0.4, 0.5) is 0 Å². The molecule has 0 saturated carbocycles. The zero-order valence-corrected chi connectivity index (χ0v) is 20.5. The van der Waals surface area contributed by atoms with Crippen LogP contribution in [0.1, 0.15) is 5.56 Å². The number of nitrogens with one attached hydrogen (secondary N) is 1. The highest BCUT2D eigenvalue weighted by Gasteiger charge is 2.10. The SMILES string of the molecule is COC(=O)COc1ccc(CCNCC(O)COc2ccc3c(=O)cc(-c4ccccc4)oc3c2)cc1. The van der Waals surface area contributed by atoms with Crippen molar-refractivity contribution < 1.29 is 28.5 Å². The largest absolute Gasteiger partial charge is 0.491 e. The van der Waals surface area contributed by atoms with Crippen molar-refractivity contribution in [3.63, 3.8) is 0 Å². The van der Waals surface area contributed by atoms with Gasteiger partial charge in [0.1, 0.15) is 35.6 Å². The molecule has 4 rings (SSSR count). The summed E-state index contributed by atoms with van der Waals surface area (Å²) >= 11 is 0. The molecule has 8 heteroatoms. The van der Waals surface area contributed by atoms with Gasteiger partial charge in [0.25, 0.3) is 0 Å². The first kappa shape index (κ1) is 25.9. The van der Waals surface area contributed by atoms with E-state index in [-0.39, 0.29) is 18.6 Å². The van der Waals surface area contributed by atoms with Gasteiger partial charge in [-0.05, 0) is 42.8 Å². The summed E-state index contributed by atoms with van der Waals surface area (Å²) in [4.78, 5) is 23.6. The Morgan fingerprint density at radius 3 is 2.49 bits per heavy atom. The lowest BCUT2D eigenvalue weighted by Crippen LogP contribution is -2.32. The lowest BCUT2D eigenvalue weighted by Gasteiger charge is -2.14. The summed E-state index contributed by atoms with van der Waals surface area (Å²) < 4.78 is 21.6. The van der Waals surface area contributed by atoms with Crippen molar-refractivity contribution in [3.8, 4) is 22.8 Å². The normalized spacial score (nSPS) is 11.7. The number of aliphatic hydroxyl groups excluding tert-OH is 1. The minimum Gasteiger partial charge on any atom is -0.491 e. The molecule has 0 aliphatic carbocycles. The fourth-order valence-electron chi connectivity index (χ4n) is 3.68. The van der Waals surface area contributed by atoms with Gasteiger partial charge in [0.05, 0.1) is 12.5 Å². The Morgan fingerprint density at radius 2 is 1.73 bits per heavy atom. The van der Waals surface area contributed by atoms with Gasteiger partial charge in [0.15, 0.2) is 12.0 Å². The predicted molar refractivity (Wildman–Crippen MR) is 140 cm³/mol. The van der Waals surface area contributed by atoms with Gasteiger partial charge in [-0.3, -0.25) is 4.79 Å². The zero-order valence-electron chi connectivity index (χ0n) is 20.5. The van der Waals surface area contributed by atoms with Crippen molar-refractivity contribution in [1.29, 1.82) is 0 Å². The van der Waals surface area contributed by atoms with Gasteiger partial charge < -0.3 is 29.1 Å². The first-order valence-corrected chi connectivity index (χ1v) is 12.0. The van der Waals surface area contributed by atoms with Crippen LogP contribution in [-0.2, 0) is 16.0 Å². The van der Waals surface area contributed by atoms with Crippen molar-refractivity contribution in [1.82, 2.24) is 5.32 Å². The Morgan fingerprint density at radius 1 is 0.973 bits per heavy atom. The Hall–Kier alpha value is -4.14. The highest BCUT2D eigenvalue weighted by Crippen LogP contribution is 2.25. The molecule has 0 saturated heterocycles. The first-order valence-electron chi connectivity index (χ1n) is 12.0. The maximum atomic E-state index is 12.5. The van der Waals surface area contributed by atoms with Gasteiger partial charge in [-0.1, -0.05) is 42.5 Å². The molecule has 0 amide bonds. The van der Waals surface area contributed by atoms with Crippen molar-refractivity contribution in [2.75, 3.05) is 33.4 Å². The van der Waals surface area contributed by atoms with Gasteiger partial charge in [0, 0.05) is 24.2 Å². The number of hydrogen-bond acceptors (Lipinski definition) is 8. The van der Waals surface area contributed by atoms with Crippen molar-refractivity contribution in [2.24, 2.45) is 0 Å². The molecule has 4 aromatic rings. The van der Waals surface area contributed by atoms with E-state index in [4.69, 9.17) is 13.9 Å². The molecule has 37 heavy (non-hydrogen) atoms. The van der Waals surface area contributed by atoms with E-state index in [0.29, 0.717) is 41.3 Å². The van der Waals surface area contributed by atoms with E-state index in [1.165, 1.54) is 13.2 Å². The van der Waals surface area contributed by atoms with Crippen LogP contribution in [0.2, 0.25) is 0 Å². The summed E-state index contributed by atoms with van der Waals surface area (Å²) in [6.07, 6.45) is 0.0469. The van der Waals surface area contributed by atoms with Crippen molar-refractivity contribution in [3.05, 3.63) is 94.6 Å². The third-order valence-electron chi connectivity index (χ3n) is 5.68. The van der Waals surface area contributed by atoms with Gasteiger partial charge in [-0.2, -0.15) is 0 Å². The number of aliphatic hydroxyl groups is 1. The second-order valence-corrected chi connectivity index (χ2v) is 8.43. The summed E-state index contributed by atoms with van der Waals surface area (Å²) in [7, 11) is 1.32. The number of benzene rings is 3. The van der Waals surface area contributed by atoms with E-state index in [1.54, 1.807) is 30.3 Å². The molecular formula is C29H29NO7. The lowest BCUT2D eigenvalue weighted by atomic mass is 10.1. The molecule has 0 radical (unpaired) electrons. The molecule has 1 unspecified atom stereocenters. The molecule has 0 bridgehead atoms. The molecule has 0 aliphatic rings. The van der Waals surface area contributed by atoms with Crippen LogP contribution in [0.25, 0.3) is 22.3 Å². The van der Waals surface area contributed by atoms with Crippen LogP contribution in [0.15, 0.2) is 88.1 Å². The van der Waals surface area contributed by atoms with Gasteiger partial charge in [0.2, 0.25) is 0 Å². The molecule has 1 aromatic heterocycles. The fourth-order valence-corrected chi connectivity index (χ4v) is 3.68. The minimum absolute atomic E-state index is 0.0906. The Labute approximate surface area is 214 Å². The number of fused-ring (bicyclic) bond motifs is 1. The molecule has 1 heterocycles. The molecule has 2 N–H and O–H groups in total. The minimum atomic E-state index is -0.715. The first-order chi connectivity index (χ1) is 18.0. The molecule has 3 aromatic carbocycles.